The Morgan fingerprint density at radius 1 is 1.11 bits per heavy atom. The fraction of sp³-hybridized carbons (Fsp3) is 0.278. The normalized spacial score (nSPS) is 11.4. The minimum absolute atomic E-state index is 0.226. The highest BCUT2D eigenvalue weighted by Gasteiger charge is 2.19. The minimum Gasteiger partial charge on any atom is -0.755 e. The van der Waals surface area contributed by atoms with Crippen LogP contribution in [0.2, 0.25) is 0 Å². The summed E-state index contributed by atoms with van der Waals surface area (Å²) in [4.78, 5) is 14.2. The molecule has 2 aromatic carbocycles. The number of nitrogens with one attached hydrogen (secondary N) is 1. The van der Waals surface area contributed by atoms with E-state index in [-0.39, 0.29) is 11.3 Å². The minimum atomic E-state index is -2.50. The Labute approximate surface area is 160 Å². The molecule has 0 saturated carbocycles. The summed E-state index contributed by atoms with van der Waals surface area (Å²) in [5.74, 6) is 0.556. The molecule has 0 spiro atoms. The molecule has 0 aromatic heterocycles. The molecule has 1 N–H and O–H groups in total. The number of methoxy groups -OCH3 is 3. The maximum absolute atomic E-state index is 12.3. The Bertz CT molecular complexity index is 843. The Morgan fingerprint density at radius 2 is 1.81 bits per heavy atom. The van der Waals surface area contributed by atoms with Gasteiger partial charge in [-0.2, -0.15) is 0 Å². The Kier molecular flexibility index (Phi) is 7.03. The third-order valence-corrected chi connectivity index (χ3v) is 4.29. The zero-order valence-corrected chi connectivity index (χ0v) is 16.3. The molecule has 0 aliphatic carbocycles. The molecule has 0 bridgehead atoms. The summed E-state index contributed by atoms with van der Waals surface area (Å²) in [7, 11) is 4.36. The van der Waals surface area contributed by atoms with Crippen LogP contribution in [0.1, 0.15) is 17.3 Å². The maximum Gasteiger partial charge on any atom is 0.340 e. The molecular formula is C18H21N2O6S-. The van der Waals surface area contributed by atoms with Crippen molar-refractivity contribution in [3.63, 3.8) is 0 Å². The Balaban J connectivity index is 2.55. The van der Waals surface area contributed by atoms with Gasteiger partial charge in [0.2, 0.25) is 0 Å². The third-order valence-electron chi connectivity index (χ3n) is 3.89. The number of nitrogens with zero attached hydrogens (tertiary/aromatic N) is 1. The van der Waals surface area contributed by atoms with Crippen molar-refractivity contribution in [1.82, 2.24) is 0 Å². The van der Waals surface area contributed by atoms with Gasteiger partial charge in [0.05, 0.1) is 32.6 Å². The smallest absolute Gasteiger partial charge is 0.340 e. The van der Waals surface area contributed by atoms with E-state index in [4.69, 9.17) is 14.2 Å². The van der Waals surface area contributed by atoms with E-state index in [1.54, 1.807) is 38.5 Å². The highest BCUT2D eigenvalue weighted by atomic mass is 32.2. The monoisotopic (exact) mass is 393 g/mol. The molecule has 2 aromatic rings. The molecule has 0 saturated heterocycles. The molecule has 0 radical (unpaired) electrons. The van der Waals surface area contributed by atoms with Gasteiger partial charge in [0.1, 0.15) is 0 Å². The van der Waals surface area contributed by atoms with Crippen LogP contribution < -0.4 is 19.1 Å². The van der Waals surface area contributed by atoms with Crippen molar-refractivity contribution in [3.05, 3.63) is 42.0 Å². The first-order chi connectivity index (χ1) is 12.9. The van der Waals surface area contributed by atoms with E-state index in [2.05, 4.69) is 4.72 Å². The number of ether oxygens (including phenoxy) is 3. The summed E-state index contributed by atoms with van der Waals surface area (Å²) < 4.78 is 39.5. The molecule has 8 nitrogen and oxygen atoms in total. The summed E-state index contributed by atoms with van der Waals surface area (Å²) in [6, 6.07) is 10.1. The van der Waals surface area contributed by atoms with Crippen molar-refractivity contribution in [2.45, 2.75) is 6.92 Å². The van der Waals surface area contributed by atoms with E-state index in [9.17, 15) is 13.6 Å². The van der Waals surface area contributed by atoms with Gasteiger partial charge in [-0.25, -0.2) is 4.79 Å². The molecular weight excluding hydrogens is 372 g/mol. The highest BCUT2D eigenvalue weighted by Crippen LogP contribution is 2.36. The van der Waals surface area contributed by atoms with Crippen LogP contribution in [0.15, 0.2) is 36.4 Å². The van der Waals surface area contributed by atoms with Crippen molar-refractivity contribution in [2.75, 3.05) is 37.5 Å². The predicted molar refractivity (Wildman–Crippen MR) is 103 cm³/mol. The van der Waals surface area contributed by atoms with Gasteiger partial charge in [-0.05, 0) is 37.3 Å². The fourth-order valence-corrected chi connectivity index (χ4v) is 3.01. The maximum atomic E-state index is 12.3. The van der Waals surface area contributed by atoms with Crippen LogP contribution >= 0.6 is 0 Å². The lowest BCUT2D eigenvalue weighted by Gasteiger charge is -2.26. The van der Waals surface area contributed by atoms with E-state index in [1.807, 2.05) is 17.9 Å². The molecule has 146 valence electrons. The van der Waals surface area contributed by atoms with Gasteiger partial charge in [-0.1, -0.05) is 0 Å². The number of hydrogen-bond acceptors (Lipinski definition) is 7. The second kappa shape index (κ2) is 9.24. The second-order valence-electron chi connectivity index (χ2n) is 5.34. The number of carbonyl (C=O) groups excluding carboxylic acids is 1. The second-order valence-corrected chi connectivity index (χ2v) is 6.02. The van der Waals surface area contributed by atoms with Crippen LogP contribution in [-0.4, -0.2) is 42.6 Å². The molecule has 1 unspecified atom stereocenters. The van der Waals surface area contributed by atoms with Crippen LogP contribution in [0, 0.1) is 0 Å². The molecule has 0 heterocycles. The van der Waals surface area contributed by atoms with Gasteiger partial charge in [0.15, 0.2) is 11.5 Å². The van der Waals surface area contributed by atoms with Gasteiger partial charge in [-0.15, -0.1) is 0 Å². The third kappa shape index (κ3) is 4.69. The van der Waals surface area contributed by atoms with Crippen LogP contribution in [0.5, 0.6) is 11.5 Å². The van der Waals surface area contributed by atoms with Crippen molar-refractivity contribution in [2.24, 2.45) is 0 Å². The van der Waals surface area contributed by atoms with Gasteiger partial charge >= 0.3 is 5.97 Å². The van der Waals surface area contributed by atoms with Crippen molar-refractivity contribution in [1.29, 1.82) is 0 Å². The summed E-state index contributed by atoms with van der Waals surface area (Å²) in [6.45, 7) is 2.47. The number of hydrogen-bond donors (Lipinski definition) is 1. The first kappa shape index (κ1) is 20.5. The van der Waals surface area contributed by atoms with Gasteiger partial charge in [0, 0.05) is 35.3 Å². The van der Waals surface area contributed by atoms with Crippen LogP contribution in [-0.2, 0) is 16.0 Å². The number of anilines is 3. The van der Waals surface area contributed by atoms with Gasteiger partial charge in [-0.3, -0.25) is 4.21 Å². The first-order valence-corrected chi connectivity index (χ1v) is 9.10. The molecule has 9 heteroatoms. The quantitative estimate of drug-likeness (QED) is 0.544. The summed E-state index contributed by atoms with van der Waals surface area (Å²) in [6.07, 6.45) is 0. The largest absolute Gasteiger partial charge is 0.755 e. The van der Waals surface area contributed by atoms with Crippen LogP contribution in [0.4, 0.5) is 17.1 Å². The predicted octanol–water partition coefficient (Wildman–Crippen LogP) is 2.85. The Morgan fingerprint density at radius 3 is 2.37 bits per heavy atom. The standard InChI is InChI=1S/C18H22N2O6S/c1-5-20(13-7-9-16(24-2)17(11-13)25-3)15-8-6-12(19-27(22)23)10-14(15)18(21)26-4/h6-11,19H,5H2,1-4H3,(H,22,23)/p-1. The SMILES string of the molecule is CCN(c1ccc(OC)c(OC)c1)c1ccc(NS(=O)[O-])cc1C(=O)OC. The molecule has 0 aliphatic rings. The molecule has 1 atom stereocenters. The zero-order chi connectivity index (χ0) is 20.0. The summed E-state index contributed by atoms with van der Waals surface area (Å²) >= 11 is -2.50. The van der Waals surface area contributed by atoms with Gasteiger partial charge < -0.3 is 28.4 Å². The van der Waals surface area contributed by atoms with E-state index in [1.165, 1.54) is 13.2 Å². The zero-order valence-electron chi connectivity index (χ0n) is 15.5. The highest BCUT2D eigenvalue weighted by molar-refractivity contribution is 7.80. The van der Waals surface area contributed by atoms with Gasteiger partial charge in [0.25, 0.3) is 0 Å². The topological polar surface area (TPSA) is 100 Å². The molecule has 0 amide bonds. The van der Waals surface area contributed by atoms with Crippen LogP contribution in [0.3, 0.4) is 0 Å². The number of rotatable bonds is 8. The number of esters is 1. The van der Waals surface area contributed by atoms with E-state index < -0.39 is 17.2 Å². The molecule has 2 rings (SSSR count). The van der Waals surface area contributed by atoms with E-state index >= 15 is 0 Å². The lowest BCUT2D eigenvalue weighted by molar-refractivity contribution is 0.0601. The number of carbonyl (C=O) groups is 1. The first-order valence-electron chi connectivity index (χ1n) is 8.03. The van der Waals surface area contributed by atoms with Crippen molar-refractivity contribution in [3.8, 4) is 11.5 Å². The molecule has 0 aliphatic heterocycles. The average molecular weight is 393 g/mol. The van der Waals surface area contributed by atoms with Crippen molar-refractivity contribution < 1.29 is 27.8 Å². The fourth-order valence-electron chi connectivity index (χ4n) is 2.69. The van der Waals surface area contributed by atoms with E-state index in [0.717, 1.165) is 5.69 Å². The Hall–Kier alpha value is -2.78. The molecule has 0 fully saturated rings. The lowest BCUT2D eigenvalue weighted by Crippen LogP contribution is -2.20. The lowest BCUT2D eigenvalue weighted by atomic mass is 10.1. The summed E-state index contributed by atoms with van der Waals surface area (Å²) in [5.41, 5.74) is 1.83. The average Bonchev–Trinajstić information content (AvgIpc) is 2.68. The summed E-state index contributed by atoms with van der Waals surface area (Å²) in [5, 5.41) is 0. The molecule has 27 heavy (non-hydrogen) atoms. The van der Waals surface area contributed by atoms with E-state index in [0.29, 0.717) is 23.7 Å². The van der Waals surface area contributed by atoms with Crippen molar-refractivity contribution >= 4 is 34.3 Å². The van der Waals surface area contributed by atoms with Crippen LogP contribution in [0.25, 0.3) is 0 Å². The number of benzene rings is 2.